The predicted octanol–water partition coefficient (Wildman–Crippen LogP) is 2.81. The molecule has 2 fully saturated rings. The first kappa shape index (κ1) is 17.0. The molecule has 25 heavy (non-hydrogen) atoms. The molecule has 1 amide bonds. The predicted molar refractivity (Wildman–Crippen MR) is 98.3 cm³/mol. The smallest absolute Gasteiger partial charge is 0.226 e. The molecule has 0 bridgehead atoms. The molecule has 4 rings (SSSR count). The number of piperidine rings is 1. The zero-order valence-electron chi connectivity index (χ0n) is 15.2. The monoisotopic (exact) mass is 342 g/mol. The fraction of sp³-hybridized carbons (Fsp3) is 0.667. The van der Waals surface area contributed by atoms with Gasteiger partial charge in [0.1, 0.15) is 0 Å². The van der Waals surface area contributed by atoms with Crippen molar-refractivity contribution in [1.82, 2.24) is 10.6 Å². The molecule has 1 saturated carbocycles. The topological polar surface area (TPSA) is 61.4 Å². The van der Waals surface area contributed by atoms with Gasteiger partial charge in [-0.3, -0.25) is 4.79 Å². The lowest BCUT2D eigenvalue weighted by Gasteiger charge is -2.39. The van der Waals surface area contributed by atoms with Crippen molar-refractivity contribution in [1.29, 1.82) is 0 Å². The van der Waals surface area contributed by atoms with Gasteiger partial charge in [-0.25, -0.2) is 0 Å². The molecule has 1 aromatic carbocycles. The zero-order valence-corrected chi connectivity index (χ0v) is 15.2. The quantitative estimate of drug-likeness (QED) is 0.774. The van der Waals surface area contributed by atoms with Crippen LogP contribution in [0.2, 0.25) is 0 Å². The number of carbonyl (C=O) groups is 1. The van der Waals surface area contributed by atoms with Crippen LogP contribution in [-0.2, 0) is 10.2 Å². The van der Waals surface area contributed by atoms with Crippen molar-refractivity contribution < 1.29 is 9.90 Å². The van der Waals surface area contributed by atoms with E-state index in [0.717, 1.165) is 57.2 Å². The lowest BCUT2D eigenvalue weighted by molar-refractivity contribution is -0.134. The summed E-state index contributed by atoms with van der Waals surface area (Å²) in [4.78, 5) is 13.1. The Hall–Kier alpha value is -1.39. The van der Waals surface area contributed by atoms with Crippen molar-refractivity contribution in [2.75, 3.05) is 13.1 Å². The second-order valence-electron chi connectivity index (χ2n) is 8.51. The van der Waals surface area contributed by atoms with Gasteiger partial charge in [-0.15, -0.1) is 0 Å². The van der Waals surface area contributed by atoms with E-state index in [1.54, 1.807) is 0 Å². The first-order valence-corrected chi connectivity index (χ1v) is 9.86. The van der Waals surface area contributed by atoms with Crippen LogP contribution in [0.5, 0.6) is 0 Å². The zero-order chi connectivity index (χ0) is 17.5. The molecule has 1 aliphatic heterocycles. The molecule has 1 spiro atoms. The summed E-state index contributed by atoms with van der Waals surface area (Å²) in [6.45, 7) is 3.93. The molecule has 2 aliphatic carbocycles. The second kappa shape index (κ2) is 6.40. The molecule has 0 aromatic heterocycles. The first-order chi connectivity index (χ1) is 12.1. The number of aliphatic hydroxyl groups is 1. The number of amides is 1. The van der Waals surface area contributed by atoms with Gasteiger partial charge in [-0.2, -0.15) is 0 Å². The Morgan fingerprint density at radius 2 is 1.80 bits per heavy atom. The van der Waals surface area contributed by atoms with Crippen molar-refractivity contribution in [3.8, 4) is 0 Å². The van der Waals surface area contributed by atoms with Crippen LogP contribution in [0.3, 0.4) is 0 Å². The van der Waals surface area contributed by atoms with E-state index in [4.69, 9.17) is 0 Å². The van der Waals surface area contributed by atoms with Crippen LogP contribution in [0.1, 0.15) is 69.0 Å². The number of aliphatic hydroxyl groups excluding tert-OH is 1. The Morgan fingerprint density at radius 1 is 1.12 bits per heavy atom. The lowest BCUT2D eigenvalue weighted by atomic mass is 9.72. The number of rotatable bonds is 2. The van der Waals surface area contributed by atoms with Gasteiger partial charge in [-0.05, 0) is 49.9 Å². The second-order valence-corrected chi connectivity index (χ2v) is 8.51. The maximum atomic E-state index is 13.1. The Balaban J connectivity index is 1.63. The number of hydrogen-bond donors (Lipinski definition) is 3. The first-order valence-electron chi connectivity index (χ1n) is 9.86. The summed E-state index contributed by atoms with van der Waals surface area (Å²) >= 11 is 0. The third kappa shape index (κ3) is 2.70. The van der Waals surface area contributed by atoms with Gasteiger partial charge in [0.15, 0.2) is 0 Å². The van der Waals surface area contributed by atoms with Gasteiger partial charge in [-0.1, -0.05) is 50.5 Å². The van der Waals surface area contributed by atoms with Crippen LogP contribution >= 0.6 is 0 Å². The molecule has 3 aliphatic rings. The minimum absolute atomic E-state index is 0.122. The fourth-order valence-electron chi connectivity index (χ4n) is 5.34. The highest BCUT2D eigenvalue weighted by Gasteiger charge is 2.52. The van der Waals surface area contributed by atoms with E-state index in [0.29, 0.717) is 0 Å². The minimum atomic E-state index is -0.539. The van der Waals surface area contributed by atoms with E-state index in [2.05, 4.69) is 35.8 Å². The van der Waals surface area contributed by atoms with E-state index < -0.39 is 6.10 Å². The number of nitrogens with one attached hydrogen (secondary N) is 2. The highest BCUT2D eigenvalue weighted by molar-refractivity contribution is 5.83. The third-order valence-electron chi connectivity index (χ3n) is 7.00. The SMILES string of the molecule is CC1(C(=O)N[C@@H]2c3ccccc3C3(CCNCC3)[C@H]2O)CCCCC1. The van der Waals surface area contributed by atoms with Gasteiger partial charge >= 0.3 is 0 Å². The van der Waals surface area contributed by atoms with Crippen LogP contribution in [-0.4, -0.2) is 30.2 Å². The van der Waals surface area contributed by atoms with Crippen LogP contribution in [0.15, 0.2) is 24.3 Å². The molecule has 0 radical (unpaired) electrons. The van der Waals surface area contributed by atoms with Gasteiger partial charge in [0.05, 0.1) is 12.1 Å². The summed E-state index contributed by atoms with van der Waals surface area (Å²) in [6, 6.07) is 8.04. The molecule has 136 valence electrons. The summed E-state index contributed by atoms with van der Waals surface area (Å²) < 4.78 is 0. The summed E-state index contributed by atoms with van der Waals surface area (Å²) in [5.41, 5.74) is 1.86. The fourth-order valence-corrected chi connectivity index (χ4v) is 5.34. The third-order valence-corrected chi connectivity index (χ3v) is 7.00. The molecule has 4 heteroatoms. The van der Waals surface area contributed by atoms with Crippen LogP contribution < -0.4 is 10.6 Å². The van der Waals surface area contributed by atoms with E-state index in [1.165, 1.54) is 12.0 Å². The van der Waals surface area contributed by atoms with E-state index >= 15 is 0 Å². The molecule has 1 saturated heterocycles. The number of hydrogen-bond acceptors (Lipinski definition) is 3. The average molecular weight is 342 g/mol. The molecule has 0 unspecified atom stereocenters. The van der Waals surface area contributed by atoms with Crippen molar-refractivity contribution in [3.63, 3.8) is 0 Å². The molecule has 3 N–H and O–H groups in total. The Kier molecular flexibility index (Phi) is 4.37. The van der Waals surface area contributed by atoms with Gasteiger partial charge < -0.3 is 15.7 Å². The summed E-state index contributed by atoms with van der Waals surface area (Å²) in [6.07, 6.45) is 6.71. The van der Waals surface area contributed by atoms with Gasteiger partial charge in [0, 0.05) is 10.8 Å². The molecule has 4 nitrogen and oxygen atoms in total. The Morgan fingerprint density at radius 3 is 2.52 bits per heavy atom. The number of carbonyl (C=O) groups excluding carboxylic acids is 1. The van der Waals surface area contributed by atoms with E-state index in [9.17, 15) is 9.90 Å². The molecule has 2 atom stereocenters. The average Bonchev–Trinajstić information content (AvgIpc) is 2.86. The highest BCUT2D eigenvalue weighted by atomic mass is 16.3. The number of benzene rings is 1. The lowest BCUT2D eigenvalue weighted by Crippen LogP contribution is -2.50. The van der Waals surface area contributed by atoms with Crippen molar-refractivity contribution in [2.45, 2.75) is 69.4 Å². The van der Waals surface area contributed by atoms with Crippen molar-refractivity contribution >= 4 is 5.91 Å². The minimum Gasteiger partial charge on any atom is -0.390 e. The van der Waals surface area contributed by atoms with Gasteiger partial charge in [0.2, 0.25) is 5.91 Å². The maximum Gasteiger partial charge on any atom is 0.226 e. The molecular weight excluding hydrogens is 312 g/mol. The number of fused-ring (bicyclic) bond motifs is 2. The van der Waals surface area contributed by atoms with E-state index in [1.807, 2.05) is 6.07 Å². The summed E-state index contributed by atoms with van der Waals surface area (Å²) in [7, 11) is 0. The molecule has 1 aromatic rings. The van der Waals surface area contributed by atoms with Gasteiger partial charge in [0.25, 0.3) is 0 Å². The van der Waals surface area contributed by atoms with E-state index in [-0.39, 0.29) is 22.8 Å². The summed E-state index contributed by atoms with van der Waals surface area (Å²) in [5.74, 6) is 0.122. The van der Waals surface area contributed by atoms with Crippen molar-refractivity contribution in [3.05, 3.63) is 35.4 Å². The largest absolute Gasteiger partial charge is 0.390 e. The standard InChI is InChI=1S/C21H30N2O2/c1-20(9-5-2-6-10-20)19(25)23-17-15-7-3-4-8-16(15)21(18(17)24)11-13-22-14-12-21/h3-4,7-8,17-18,22,24H,2,5-6,9-14H2,1H3,(H,23,25)/t17-,18+/m1/s1. The van der Waals surface area contributed by atoms with Crippen molar-refractivity contribution in [2.24, 2.45) is 5.41 Å². The normalized spacial score (nSPS) is 30.0. The maximum absolute atomic E-state index is 13.1. The highest BCUT2D eigenvalue weighted by Crippen LogP contribution is 2.50. The van der Waals surface area contributed by atoms with Crippen LogP contribution in [0.4, 0.5) is 0 Å². The Bertz CT molecular complexity index is 645. The summed E-state index contributed by atoms with van der Waals surface area (Å²) in [5, 5.41) is 17.9. The molecular formula is C21H30N2O2. The van der Waals surface area contributed by atoms with Crippen LogP contribution in [0.25, 0.3) is 0 Å². The van der Waals surface area contributed by atoms with Crippen LogP contribution in [0, 0.1) is 5.41 Å². The Labute approximate surface area is 150 Å². The molecule has 1 heterocycles.